The van der Waals surface area contributed by atoms with E-state index in [1.54, 1.807) is 42.5 Å². The Morgan fingerprint density at radius 3 is 2.70 bits per heavy atom. The van der Waals surface area contributed by atoms with Gasteiger partial charge in [-0.2, -0.15) is 0 Å². The highest BCUT2D eigenvalue weighted by atomic mass is 35.5. The van der Waals surface area contributed by atoms with Crippen LogP contribution in [0.1, 0.15) is 5.56 Å². The van der Waals surface area contributed by atoms with Gasteiger partial charge in [-0.25, -0.2) is 9.18 Å². The molecule has 0 fully saturated rings. The zero-order valence-corrected chi connectivity index (χ0v) is 11.2. The van der Waals surface area contributed by atoms with Crippen LogP contribution in [0.4, 0.5) is 14.9 Å². The van der Waals surface area contributed by atoms with Gasteiger partial charge in [-0.3, -0.25) is 0 Å². The second-order valence-electron chi connectivity index (χ2n) is 3.96. The minimum Gasteiger partial charge on any atom is -0.314 e. The number of amides is 2. The van der Waals surface area contributed by atoms with Gasteiger partial charge in [0.25, 0.3) is 0 Å². The van der Waals surface area contributed by atoms with Gasteiger partial charge in [0.05, 0.1) is 0 Å². The van der Waals surface area contributed by atoms with E-state index in [1.165, 1.54) is 18.3 Å². The molecule has 5 heteroatoms. The molecule has 20 heavy (non-hydrogen) atoms. The van der Waals surface area contributed by atoms with Crippen molar-refractivity contribution in [1.29, 1.82) is 0 Å². The number of rotatable bonds is 3. The Hall–Kier alpha value is -2.33. The number of carbonyl (C=O) groups is 1. The predicted octanol–water partition coefficient (Wildman–Crippen LogP) is 4.27. The van der Waals surface area contributed by atoms with Crippen molar-refractivity contribution in [3.8, 4) is 0 Å². The third-order valence-electron chi connectivity index (χ3n) is 2.47. The molecule has 0 radical (unpaired) electrons. The molecule has 2 N–H and O–H groups in total. The summed E-state index contributed by atoms with van der Waals surface area (Å²) in [6.07, 6.45) is 2.85. The Morgan fingerprint density at radius 1 is 1.15 bits per heavy atom. The summed E-state index contributed by atoms with van der Waals surface area (Å²) in [6.45, 7) is 0. The summed E-state index contributed by atoms with van der Waals surface area (Å²) in [5.74, 6) is -0.346. The van der Waals surface area contributed by atoms with Crippen LogP contribution in [0.25, 0.3) is 6.08 Å². The fourth-order valence-electron chi connectivity index (χ4n) is 1.55. The summed E-state index contributed by atoms with van der Waals surface area (Å²) < 4.78 is 13.3. The summed E-state index contributed by atoms with van der Waals surface area (Å²) in [5, 5.41) is 5.62. The highest BCUT2D eigenvalue weighted by Gasteiger charge is 2.00. The molecule has 0 unspecified atom stereocenters. The SMILES string of the molecule is O=C(N/C=C/c1ccccc1F)Nc1cccc(Cl)c1. The molecule has 0 heterocycles. The van der Waals surface area contributed by atoms with Crippen LogP contribution in [0.5, 0.6) is 0 Å². The van der Waals surface area contributed by atoms with Gasteiger partial charge in [-0.05, 0) is 30.3 Å². The van der Waals surface area contributed by atoms with Crippen molar-refractivity contribution in [3.63, 3.8) is 0 Å². The zero-order chi connectivity index (χ0) is 14.4. The van der Waals surface area contributed by atoms with Crippen molar-refractivity contribution in [2.45, 2.75) is 0 Å². The molecule has 0 atom stereocenters. The molecular weight excluding hydrogens is 279 g/mol. The lowest BCUT2D eigenvalue weighted by molar-refractivity contribution is 0.255. The minimum absolute atomic E-state index is 0.346. The lowest BCUT2D eigenvalue weighted by atomic mass is 10.2. The second-order valence-corrected chi connectivity index (χ2v) is 4.40. The third kappa shape index (κ3) is 4.10. The van der Waals surface area contributed by atoms with Crippen LogP contribution < -0.4 is 10.6 Å². The highest BCUT2D eigenvalue weighted by molar-refractivity contribution is 6.30. The number of hydrogen-bond donors (Lipinski definition) is 2. The molecule has 0 aliphatic carbocycles. The van der Waals surface area contributed by atoms with E-state index in [4.69, 9.17) is 11.6 Å². The van der Waals surface area contributed by atoms with Crippen molar-refractivity contribution in [1.82, 2.24) is 5.32 Å². The van der Waals surface area contributed by atoms with E-state index in [2.05, 4.69) is 10.6 Å². The number of halogens is 2. The molecule has 0 bridgehead atoms. The fraction of sp³-hybridized carbons (Fsp3) is 0. The lowest BCUT2D eigenvalue weighted by Crippen LogP contribution is -2.23. The van der Waals surface area contributed by atoms with Crippen molar-refractivity contribution in [2.24, 2.45) is 0 Å². The van der Waals surface area contributed by atoms with E-state index >= 15 is 0 Å². The molecule has 102 valence electrons. The largest absolute Gasteiger partial charge is 0.323 e. The average molecular weight is 291 g/mol. The van der Waals surface area contributed by atoms with Gasteiger partial charge in [-0.1, -0.05) is 35.9 Å². The predicted molar refractivity (Wildman–Crippen MR) is 79.0 cm³/mol. The van der Waals surface area contributed by atoms with E-state index in [9.17, 15) is 9.18 Å². The Kier molecular flexibility index (Phi) is 4.74. The second kappa shape index (κ2) is 6.73. The van der Waals surface area contributed by atoms with Gasteiger partial charge in [0.15, 0.2) is 0 Å². The minimum atomic E-state index is -0.431. The summed E-state index contributed by atoms with van der Waals surface area (Å²) in [7, 11) is 0. The van der Waals surface area contributed by atoms with Crippen LogP contribution in [0.2, 0.25) is 5.02 Å². The maximum absolute atomic E-state index is 13.3. The van der Waals surface area contributed by atoms with Crippen LogP contribution in [-0.2, 0) is 0 Å². The molecule has 2 aromatic rings. The van der Waals surface area contributed by atoms with E-state index in [1.807, 2.05) is 0 Å². The summed E-state index contributed by atoms with van der Waals surface area (Å²) in [6, 6.07) is 12.6. The maximum Gasteiger partial charge on any atom is 0.323 e. The van der Waals surface area contributed by atoms with Gasteiger partial charge in [-0.15, -0.1) is 0 Å². The number of urea groups is 1. The molecule has 0 saturated heterocycles. The van der Waals surface area contributed by atoms with Crippen LogP contribution in [0.3, 0.4) is 0 Å². The summed E-state index contributed by atoms with van der Waals surface area (Å²) >= 11 is 5.80. The molecule has 0 aliphatic heterocycles. The Bertz CT molecular complexity index is 643. The van der Waals surface area contributed by atoms with Crippen LogP contribution >= 0.6 is 11.6 Å². The molecule has 3 nitrogen and oxygen atoms in total. The van der Waals surface area contributed by atoms with E-state index < -0.39 is 6.03 Å². The molecule has 0 aliphatic rings. The Morgan fingerprint density at radius 2 is 1.95 bits per heavy atom. The Labute approximate surface area is 121 Å². The maximum atomic E-state index is 13.3. The lowest BCUT2D eigenvalue weighted by Gasteiger charge is -2.04. The Balaban J connectivity index is 1.91. The number of benzene rings is 2. The first-order valence-electron chi connectivity index (χ1n) is 5.89. The van der Waals surface area contributed by atoms with Crippen molar-refractivity contribution >= 4 is 29.4 Å². The zero-order valence-electron chi connectivity index (χ0n) is 10.4. The number of nitrogens with one attached hydrogen (secondary N) is 2. The molecule has 0 aromatic heterocycles. The molecule has 0 saturated carbocycles. The van der Waals surface area contributed by atoms with E-state index in [0.29, 0.717) is 16.3 Å². The monoisotopic (exact) mass is 290 g/mol. The van der Waals surface area contributed by atoms with Gasteiger partial charge in [0.1, 0.15) is 5.82 Å². The average Bonchev–Trinajstić information content (AvgIpc) is 2.41. The fourth-order valence-corrected chi connectivity index (χ4v) is 1.74. The van der Waals surface area contributed by atoms with Crippen molar-refractivity contribution in [3.05, 3.63) is 71.1 Å². The van der Waals surface area contributed by atoms with Gasteiger partial charge >= 0.3 is 6.03 Å². The number of hydrogen-bond acceptors (Lipinski definition) is 1. The van der Waals surface area contributed by atoms with Crippen LogP contribution in [0.15, 0.2) is 54.7 Å². The van der Waals surface area contributed by atoms with E-state index in [-0.39, 0.29) is 5.82 Å². The molecular formula is C15H12ClFN2O. The molecule has 2 rings (SSSR count). The molecule has 2 aromatic carbocycles. The first kappa shape index (κ1) is 14.1. The quantitative estimate of drug-likeness (QED) is 0.871. The topological polar surface area (TPSA) is 41.1 Å². The summed E-state index contributed by atoms with van der Waals surface area (Å²) in [4.78, 5) is 11.6. The molecule has 0 spiro atoms. The van der Waals surface area contributed by atoms with Crippen LogP contribution in [-0.4, -0.2) is 6.03 Å². The summed E-state index contributed by atoms with van der Waals surface area (Å²) in [5.41, 5.74) is 0.977. The normalized spacial score (nSPS) is 10.5. The first-order chi connectivity index (χ1) is 9.65. The van der Waals surface area contributed by atoms with E-state index in [0.717, 1.165) is 0 Å². The van der Waals surface area contributed by atoms with Crippen molar-refractivity contribution < 1.29 is 9.18 Å². The number of carbonyl (C=O) groups excluding carboxylic acids is 1. The first-order valence-corrected chi connectivity index (χ1v) is 6.27. The van der Waals surface area contributed by atoms with Crippen molar-refractivity contribution in [2.75, 3.05) is 5.32 Å². The third-order valence-corrected chi connectivity index (χ3v) is 2.70. The van der Waals surface area contributed by atoms with Gasteiger partial charge in [0.2, 0.25) is 0 Å². The van der Waals surface area contributed by atoms with Gasteiger partial charge < -0.3 is 10.6 Å². The van der Waals surface area contributed by atoms with Gasteiger partial charge in [0, 0.05) is 22.5 Å². The number of anilines is 1. The standard InChI is InChI=1S/C15H12ClFN2O/c16-12-5-3-6-13(10-12)19-15(20)18-9-8-11-4-1-2-7-14(11)17/h1-10H,(H2,18,19,20)/b9-8+. The van der Waals surface area contributed by atoms with Crippen LogP contribution in [0, 0.1) is 5.82 Å². The highest BCUT2D eigenvalue weighted by Crippen LogP contribution is 2.14. The molecule has 2 amide bonds. The smallest absolute Gasteiger partial charge is 0.314 e.